The first-order valence-corrected chi connectivity index (χ1v) is 7.09. The van der Waals surface area contributed by atoms with E-state index in [1.165, 1.54) is 37.6 Å². The molecule has 5 heteroatoms. The third kappa shape index (κ3) is 3.72. The van der Waals surface area contributed by atoms with Crippen LogP contribution in [0, 0.1) is 0 Å². The Hall–Kier alpha value is -0.680. The fraction of sp³-hybridized carbons (Fsp3) is 0.727. The third-order valence-electron chi connectivity index (χ3n) is 2.84. The number of rotatable bonds is 4. The van der Waals surface area contributed by atoms with E-state index in [9.17, 15) is 0 Å². The Kier molecular flexibility index (Phi) is 4.54. The zero-order valence-corrected chi connectivity index (χ0v) is 10.5. The second-order valence-electron chi connectivity index (χ2n) is 4.16. The molecule has 0 bridgehead atoms. The average molecular weight is 240 g/mol. The van der Waals surface area contributed by atoms with Crippen LogP contribution in [-0.2, 0) is 6.54 Å². The molecule has 1 aromatic heterocycles. The molecule has 2 N–H and O–H groups in total. The average Bonchev–Trinajstić information content (AvgIpc) is 2.54. The first-order valence-electron chi connectivity index (χ1n) is 5.93. The number of nitrogens with zero attached hydrogens (tertiary/aromatic N) is 3. The van der Waals surface area contributed by atoms with Crippen LogP contribution in [0.3, 0.4) is 0 Å². The van der Waals surface area contributed by atoms with E-state index in [2.05, 4.69) is 21.8 Å². The highest BCUT2D eigenvalue weighted by Gasteiger charge is 2.08. The van der Waals surface area contributed by atoms with Gasteiger partial charge in [0.1, 0.15) is 5.82 Å². The molecule has 1 aliphatic heterocycles. The van der Waals surface area contributed by atoms with Crippen molar-refractivity contribution in [3.8, 4) is 0 Å². The minimum atomic E-state index is 0.617. The summed E-state index contributed by atoms with van der Waals surface area (Å²) in [6.07, 6.45) is 4.44. The van der Waals surface area contributed by atoms with Crippen LogP contribution in [0.1, 0.15) is 12.8 Å². The topological polar surface area (TPSA) is 47.1 Å². The molecule has 1 saturated heterocycles. The standard InChI is InChI=1S/C11H20N4S/c12-11-3-7-15(13-11)6-1-4-14-5-2-9-16-10-8-14/h3,7H,1-2,4-6,8-10H2,(H2,12,13). The molecule has 0 aliphatic carbocycles. The molecule has 0 amide bonds. The van der Waals surface area contributed by atoms with E-state index in [0.717, 1.165) is 13.0 Å². The molecule has 2 rings (SSSR count). The molecule has 4 nitrogen and oxygen atoms in total. The van der Waals surface area contributed by atoms with E-state index in [-0.39, 0.29) is 0 Å². The fourth-order valence-electron chi connectivity index (χ4n) is 1.98. The zero-order chi connectivity index (χ0) is 11.2. The Balaban J connectivity index is 1.67. The summed E-state index contributed by atoms with van der Waals surface area (Å²) in [7, 11) is 0. The van der Waals surface area contributed by atoms with Crippen LogP contribution in [0.5, 0.6) is 0 Å². The van der Waals surface area contributed by atoms with Gasteiger partial charge in [0.15, 0.2) is 0 Å². The second kappa shape index (κ2) is 6.15. The van der Waals surface area contributed by atoms with Crippen molar-refractivity contribution in [2.24, 2.45) is 0 Å². The van der Waals surface area contributed by atoms with Crippen LogP contribution in [0.4, 0.5) is 5.82 Å². The van der Waals surface area contributed by atoms with Gasteiger partial charge in [0, 0.05) is 25.0 Å². The van der Waals surface area contributed by atoms with Crippen LogP contribution in [0.15, 0.2) is 12.3 Å². The van der Waals surface area contributed by atoms with Gasteiger partial charge in [-0.15, -0.1) is 0 Å². The molecule has 1 fully saturated rings. The number of hydrogen-bond acceptors (Lipinski definition) is 4. The predicted octanol–water partition coefficient (Wildman–Crippen LogP) is 1.29. The molecule has 0 aromatic carbocycles. The number of aryl methyl sites for hydroxylation is 1. The van der Waals surface area contributed by atoms with Crippen LogP contribution < -0.4 is 5.73 Å². The zero-order valence-electron chi connectivity index (χ0n) is 9.64. The molecule has 0 radical (unpaired) electrons. The maximum Gasteiger partial charge on any atom is 0.145 e. The van der Waals surface area contributed by atoms with Gasteiger partial charge in [-0.2, -0.15) is 16.9 Å². The Morgan fingerprint density at radius 3 is 3.06 bits per heavy atom. The molecule has 2 heterocycles. The maximum atomic E-state index is 5.57. The molecule has 90 valence electrons. The summed E-state index contributed by atoms with van der Waals surface area (Å²) in [4.78, 5) is 2.56. The van der Waals surface area contributed by atoms with Gasteiger partial charge >= 0.3 is 0 Å². The van der Waals surface area contributed by atoms with Crippen molar-refractivity contribution in [2.75, 3.05) is 36.9 Å². The van der Waals surface area contributed by atoms with Crippen molar-refractivity contribution in [3.63, 3.8) is 0 Å². The van der Waals surface area contributed by atoms with Gasteiger partial charge in [0.05, 0.1) is 0 Å². The summed E-state index contributed by atoms with van der Waals surface area (Å²) in [5, 5.41) is 4.18. The van der Waals surface area contributed by atoms with Gasteiger partial charge in [-0.05, 0) is 37.8 Å². The molecule has 16 heavy (non-hydrogen) atoms. The number of hydrogen-bond donors (Lipinski definition) is 1. The molecule has 0 atom stereocenters. The highest BCUT2D eigenvalue weighted by Crippen LogP contribution is 2.10. The van der Waals surface area contributed by atoms with Crippen molar-refractivity contribution in [2.45, 2.75) is 19.4 Å². The number of aromatic nitrogens is 2. The summed E-state index contributed by atoms with van der Waals surface area (Å²) < 4.78 is 1.93. The lowest BCUT2D eigenvalue weighted by molar-refractivity contribution is 0.283. The van der Waals surface area contributed by atoms with E-state index < -0.39 is 0 Å². The number of thioether (sulfide) groups is 1. The van der Waals surface area contributed by atoms with E-state index in [1.807, 2.05) is 16.9 Å². The lowest BCUT2D eigenvalue weighted by Gasteiger charge is -2.18. The molecule has 0 spiro atoms. The Labute approximate surface area is 101 Å². The summed E-state index contributed by atoms with van der Waals surface area (Å²) in [6, 6.07) is 1.85. The van der Waals surface area contributed by atoms with Crippen molar-refractivity contribution in [3.05, 3.63) is 12.3 Å². The van der Waals surface area contributed by atoms with Crippen molar-refractivity contribution >= 4 is 17.6 Å². The second-order valence-corrected chi connectivity index (χ2v) is 5.39. The summed E-state index contributed by atoms with van der Waals surface area (Å²) in [5.41, 5.74) is 5.57. The monoisotopic (exact) mass is 240 g/mol. The number of nitrogens with two attached hydrogens (primary N) is 1. The van der Waals surface area contributed by atoms with E-state index in [1.54, 1.807) is 0 Å². The van der Waals surface area contributed by atoms with Crippen molar-refractivity contribution < 1.29 is 0 Å². The van der Waals surface area contributed by atoms with Crippen molar-refractivity contribution in [1.82, 2.24) is 14.7 Å². The smallest absolute Gasteiger partial charge is 0.145 e. The van der Waals surface area contributed by atoms with Crippen LogP contribution in [0.25, 0.3) is 0 Å². The van der Waals surface area contributed by atoms with Crippen molar-refractivity contribution in [1.29, 1.82) is 0 Å². The van der Waals surface area contributed by atoms with Crippen LogP contribution in [-0.4, -0.2) is 45.8 Å². The summed E-state index contributed by atoms with van der Waals surface area (Å²) in [5.74, 6) is 3.23. The fourth-order valence-corrected chi connectivity index (χ4v) is 2.90. The molecular formula is C11H20N4S. The van der Waals surface area contributed by atoms with Crippen LogP contribution in [0.2, 0.25) is 0 Å². The highest BCUT2D eigenvalue weighted by molar-refractivity contribution is 7.99. The Morgan fingerprint density at radius 2 is 2.25 bits per heavy atom. The normalized spacial score (nSPS) is 18.5. The van der Waals surface area contributed by atoms with E-state index in [0.29, 0.717) is 5.82 Å². The highest BCUT2D eigenvalue weighted by atomic mass is 32.2. The van der Waals surface area contributed by atoms with Gasteiger partial charge in [0.25, 0.3) is 0 Å². The largest absolute Gasteiger partial charge is 0.382 e. The van der Waals surface area contributed by atoms with Gasteiger partial charge in [-0.1, -0.05) is 0 Å². The molecule has 1 aromatic rings. The minimum absolute atomic E-state index is 0.617. The maximum absolute atomic E-state index is 5.57. The SMILES string of the molecule is Nc1ccn(CCCN2CCCSCC2)n1. The predicted molar refractivity (Wildman–Crippen MR) is 69.6 cm³/mol. The van der Waals surface area contributed by atoms with E-state index in [4.69, 9.17) is 5.73 Å². The first-order chi connectivity index (χ1) is 7.84. The Morgan fingerprint density at radius 1 is 1.31 bits per heavy atom. The van der Waals surface area contributed by atoms with Gasteiger partial charge in [-0.3, -0.25) is 4.68 Å². The Bertz CT molecular complexity index is 305. The third-order valence-corrected chi connectivity index (χ3v) is 3.89. The lowest BCUT2D eigenvalue weighted by atomic mass is 10.3. The van der Waals surface area contributed by atoms with Gasteiger partial charge < -0.3 is 10.6 Å². The quantitative estimate of drug-likeness (QED) is 0.861. The van der Waals surface area contributed by atoms with Crippen LogP contribution >= 0.6 is 11.8 Å². The van der Waals surface area contributed by atoms with E-state index >= 15 is 0 Å². The molecule has 0 saturated carbocycles. The minimum Gasteiger partial charge on any atom is -0.382 e. The number of nitrogen functional groups attached to an aromatic ring is 1. The lowest BCUT2D eigenvalue weighted by Crippen LogP contribution is -2.27. The molecule has 0 unspecified atom stereocenters. The number of anilines is 1. The first kappa shape index (κ1) is 11.8. The molecular weight excluding hydrogens is 220 g/mol. The summed E-state index contributed by atoms with van der Waals surface area (Å²) >= 11 is 2.08. The molecule has 1 aliphatic rings. The van der Waals surface area contributed by atoms with Gasteiger partial charge in [0.2, 0.25) is 0 Å². The van der Waals surface area contributed by atoms with Gasteiger partial charge in [-0.25, -0.2) is 0 Å². The summed E-state index contributed by atoms with van der Waals surface area (Å²) in [6.45, 7) is 4.65.